The summed E-state index contributed by atoms with van der Waals surface area (Å²) in [6.07, 6.45) is 0.0889. The monoisotopic (exact) mass is 303 g/mol. The van der Waals surface area contributed by atoms with Gasteiger partial charge in [-0.25, -0.2) is 0 Å². The van der Waals surface area contributed by atoms with Crippen LogP contribution in [-0.2, 0) is 9.53 Å². The Morgan fingerprint density at radius 2 is 2.24 bits per heavy atom. The number of carbonyl (C=O) groups excluding carboxylic acids is 1. The maximum Gasteiger partial charge on any atom is 0.308 e. The Bertz CT molecular complexity index is 435. The molecule has 0 saturated heterocycles. The number of rotatable bonds is 5. The number of non-ortho nitro benzene ring substituents is 1. The van der Waals surface area contributed by atoms with Gasteiger partial charge in [-0.1, -0.05) is 0 Å². The molecule has 0 saturated carbocycles. The molecular formula is C10H10BrNO5. The smallest absolute Gasteiger partial charge is 0.308 e. The molecule has 6 nitrogen and oxygen atoms in total. The van der Waals surface area contributed by atoms with E-state index >= 15 is 0 Å². The fraction of sp³-hybridized carbons (Fsp3) is 0.300. The summed E-state index contributed by atoms with van der Waals surface area (Å²) in [6, 6.07) is 4.17. The lowest BCUT2D eigenvalue weighted by atomic mass is 10.3. The zero-order valence-electron chi connectivity index (χ0n) is 9.01. The second-order valence-electron chi connectivity index (χ2n) is 3.05. The van der Waals surface area contributed by atoms with Crippen molar-refractivity contribution >= 4 is 27.6 Å². The highest BCUT2D eigenvalue weighted by atomic mass is 79.9. The number of carbonyl (C=O) groups is 1. The second-order valence-corrected chi connectivity index (χ2v) is 3.90. The molecule has 1 aromatic rings. The topological polar surface area (TPSA) is 78.7 Å². The summed E-state index contributed by atoms with van der Waals surface area (Å²) < 4.78 is 10.3. The first-order chi connectivity index (χ1) is 8.04. The van der Waals surface area contributed by atoms with Gasteiger partial charge < -0.3 is 9.47 Å². The minimum Gasteiger partial charge on any atom is -0.492 e. The van der Waals surface area contributed by atoms with Gasteiger partial charge in [-0.15, -0.1) is 0 Å². The zero-order valence-corrected chi connectivity index (χ0v) is 10.6. The Balaban J connectivity index is 2.66. The van der Waals surface area contributed by atoms with Gasteiger partial charge in [0.25, 0.3) is 5.69 Å². The van der Waals surface area contributed by atoms with Crippen LogP contribution in [0, 0.1) is 10.1 Å². The molecule has 0 amide bonds. The van der Waals surface area contributed by atoms with Gasteiger partial charge in [-0.2, -0.15) is 0 Å². The molecule has 92 valence electrons. The summed E-state index contributed by atoms with van der Waals surface area (Å²) in [7, 11) is 1.28. The van der Waals surface area contributed by atoms with Crippen LogP contribution in [0.15, 0.2) is 22.7 Å². The average Bonchev–Trinajstić information content (AvgIpc) is 2.30. The second kappa shape index (κ2) is 6.19. The van der Waals surface area contributed by atoms with Gasteiger partial charge >= 0.3 is 5.97 Å². The van der Waals surface area contributed by atoms with Crippen LogP contribution in [0.2, 0.25) is 0 Å². The van der Waals surface area contributed by atoms with Crippen molar-refractivity contribution in [3.05, 3.63) is 32.8 Å². The molecule has 0 spiro atoms. The van der Waals surface area contributed by atoms with Crippen molar-refractivity contribution in [1.82, 2.24) is 0 Å². The largest absolute Gasteiger partial charge is 0.492 e. The fourth-order valence-corrected chi connectivity index (χ4v) is 1.42. The summed E-state index contributed by atoms with van der Waals surface area (Å²) in [5, 5.41) is 10.6. The summed E-state index contributed by atoms with van der Waals surface area (Å²) in [6.45, 7) is 0.104. The molecular weight excluding hydrogens is 294 g/mol. The standard InChI is InChI=1S/C10H10BrNO5/c1-16-10(13)4-5-17-9-6-7(12(14)15)2-3-8(9)11/h2-3,6H,4-5H2,1H3. The van der Waals surface area contributed by atoms with E-state index in [4.69, 9.17) is 4.74 Å². The third-order valence-corrected chi connectivity index (χ3v) is 2.57. The molecule has 0 bridgehead atoms. The van der Waals surface area contributed by atoms with Crippen LogP contribution >= 0.6 is 15.9 Å². The highest BCUT2D eigenvalue weighted by Gasteiger charge is 2.11. The predicted molar refractivity (Wildman–Crippen MR) is 62.9 cm³/mol. The number of ether oxygens (including phenoxy) is 2. The first kappa shape index (κ1) is 13.4. The molecule has 0 aliphatic carbocycles. The van der Waals surface area contributed by atoms with E-state index in [0.29, 0.717) is 10.2 Å². The van der Waals surface area contributed by atoms with Crippen LogP contribution in [0.25, 0.3) is 0 Å². The maximum atomic E-state index is 10.8. The lowest BCUT2D eigenvalue weighted by Crippen LogP contribution is -2.07. The van der Waals surface area contributed by atoms with Crippen molar-refractivity contribution in [2.45, 2.75) is 6.42 Å². The average molecular weight is 304 g/mol. The summed E-state index contributed by atoms with van der Waals surface area (Å²) in [4.78, 5) is 20.9. The first-order valence-corrected chi connectivity index (χ1v) is 5.47. The molecule has 0 aliphatic rings. The van der Waals surface area contributed by atoms with Crippen LogP contribution < -0.4 is 4.74 Å². The Morgan fingerprint density at radius 3 is 2.82 bits per heavy atom. The summed E-state index contributed by atoms with van der Waals surface area (Å²) in [5.41, 5.74) is -0.0683. The van der Waals surface area contributed by atoms with Gasteiger partial charge in [0.15, 0.2) is 0 Å². The third-order valence-electron chi connectivity index (χ3n) is 1.92. The van der Waals surface area contributed by atoms with Gasteiger partial charge in [0.2, 0.25) is 0 Å². The highest BCUT2D eigenvalue weighted by Crippen LogP contribution is 2.29. The van der Waals surface area contributed by atoms with Gasteiger partial charge in [0, 0.05) is 6.07 Å². The number of nitro groups is 1. The Morgan fingerprint density at radius 1 is 1.53 bits per heavy atom. The van der Waals surface area contributed by atoms with E-state index in [9.17, 15) is 14.9 Å². The number of halogens is 1. The minimum atomic E-state index is -0.514. The Kier molecular flexibility index (Phi) is 4.89. The molecule has 0 aliphatic heterocycles. The number of nitrogens with zero attached hydrogens (tertiary/aromatic N) is 1. The molecule has 0 aromatic heterocycles. The highest BCUT2D eigenvalue weighted by molar-refractivity contribution is 9.10. The lowest BCUT2D eigenvalue weighted by molar-refractivity contribution is -0.385. The van der Waals surface area contributed by atoms with Crippen molar-refractivity contribution in [2.24, 2.45) is 0 Å². The molecule has 0 fully saturated rings. The van der Waals surface area contributed by atoms with Gasteiger partial charge in [-0.05, 0) is 22.0 Å². The predicted octanol–water partition coefficient (Wildman–Crippen LogP) is 2.30. The minimum absolute atomic E-state index is 0.0683. The summed E-state index contributed by atoms with van der Waals surface area (Å²) in [5.74, 6) is -0.0744. The van der Waals surface area contributed by atoms with Crippen LogP contribution in [0.5, 0.6) is 5.75 Å². The van der Waals surface area contributed by atoms with E-state index in [0.717, 1.165) is 0 Å². The molecule has 1 rings (SSSR count). The molecule has 7 heteroatoms. The number of hydrogen-bond donors (Lipinski definition) is 0. The number of nitro benzene ring substituents is 1. The van der Waals surface area contributed by atoms with E-state index in [2.05, 4.69) is 20.7 Å². The molecule has 0 N–H and O–H groups in total. The van der Waals surface area contributed by atoms with Crippen molar-refractivity contribution in [3.8, 4) is 5.75 Å². The summed E-state index contributed by atoms with van der Waals surface area (Å²) >= 11 is 3.20. The van der Waals surface area contributed by atoms with Crippen LogP contribution in [0.1, 0.15) is 6.42 Å². The molecule has 0 unspecified atom stereocenters. The third kappa shape index (κ3) is 4.03. The normalized spacial score (nSPS) is 9.76. The quantitative estimate of drug-likeness (QED) is 0.474. The molecule has 17 heavy (non-hydrogen) atoms. The SMILES string of the molecule is COC(=O)CCOc1cc([N+](=O)[O-])ccc1Br. The zero-order chi connectivity index (χ0) is 12.8. The first-order valence-electron chi connectivity index (χ1n) is 4.68. The van der Waals surface area contributed by atoms with Crippen molar-refractivity contribution in [2.75, 3.05) is 13.7 Å². The van der Waals surface area contributed by atoms with Crippen LogP contribution in [0.4, 0.5) is 5.69 Å². The molecule has 0 atom stereocenters. The van der Waals surface area contributed by atoms with Gasteiger partial charge in [0.1, 0.15) is 5.75 Å². The van der Waals surface area contributed by atoms with E-state index < -0.39 is 10.9 Å². The number of esters is 1. The molecule has 0 heterocycles. The fourth-order valence-electron chi connectivity index (χ4n) is 1.06. The lowest BCUT2D eigenvalue weighted by Gasteiger charge is -2.07. The number of methoxy groups -OCH3 is 1. The maximum absolute atomic E-state index is 10.8. The van der Waals surface area contributed by atoms with Crippen molar-refractivity contribution < 1.29 is 19.2 Å². The Hall–Kier alpha value is -1.63. The van der Waals surface area contributed by atoms with Crippen LogP contribution in [-0.4, -0.2) is 24.6 Å². The molecule has 1 aromatic carbocycles. The van der Waals surface area contributed by atoms with Gasteiger partial charge in [-0.3, -0.25) is 14.9 Å². The Labute approximate surface area is 106 Å². The number of hydrogen-bond acceptors (Lipinski definition) is 5. The van der Waals surface area contributed by atoms with E-state index in [1.807, 2.05) is 0 Å². The van der Waals surface area contributed by atoms with E-state index in [1.54, 1.807) is 0 Å². The van der Waals surface area contributed by atoms with Crippen LogP contribution in [0.3, 0.4) is 0 Å². The van der Waals surface area contributed by atoms with Crippen molar-refractivity contribution in [1.29, 1.82) is 0 Å². The number of benzene rings is 1. The van der Waals surface area contributed by atoms with Crippen molar-refractivity contribution in [3.63, 3.8) is 0 Å². The molecule has 0 radical (unpaired) electrons. The van der Waals surface area contributed by atoms with E-state index in [1.165, 1.54) is 25.3 Å². The van der Waals surface area contributed by atoms with Gasteiger partial charge in [0.05, 0.1) is 35.6 Å². The van der Waals surface area contributed by atoms with E-state index in [-0.39, 0.29) is 18.7 Å².